The predicted molar refractivity (Wildman–Crippen MR) is 128 cm³/mol. The molecule has 0 aliphatic carbocycles. The van der Waals surface area contributed by atoms with E-state index in [0.29, 0.717) is 18.1 Å². The van der Waals surface area contributed by atoms with Crippen molar-refractivity contribution < 1.29 is 13.5 Å². The van der Waals surface area contributed by atoms with Gasteiger partial charge in [0.1, 0.15) is 5.75 Å². The summed E-state index contributed by atoms with van der Waals surface area (Å²) in [7, 11) is 1.73. The van der Waals surface area contributed by atoms with Gasteiger partial charge in [-0.2, -0.15) is 14.0 Å². The number of nitrogens with zero attached hydrogens (tertiary/aromatic N) is 3. The maximum absolute atomic E-state index is 12.3. The van der Waals surface area contributed by atoms with Gasteiger partial charge in [-0.05, 0) is 54.8 Å². The van der Waals surface area contributed by atoms with Crippen LogP contribution in [0.4, 0.5) is 14.5 Å². The van der Waals surface area contributed by atoms with Crippen molar-refractivity contribution in [3.8, 4) is 11.8 Å². The minimum Gasteiger partial charge on any atom is -0.435 e. The lowest BCUT2D eigenvalue weighted by molar-refractivity contribution is -0.0498. The molecule has 0 bridgehead atoms. The molecule has 0 aromatic heterocycles. The summed E-state index contributed by atoms with van der Waals surface area (Å²) >= 11 is 0. The molecule has 0 radical (unpaired) electrons. The molecule has 166 valence electrons. The Labute approximate surface area is 198 Å². The van der Waals surface area contributed by atoms with E-state index in [2.05, 4.69) is 31.3 Å². The number of piperidine rings is 1. The van der Waals surface area contributed by atoms with Gasteiger partial charge in [0.15, 0.2) is 5.96 Å². The summed E-state index contributed by atoms with van der Waals surface area (Å²) in [6.07, 6.45) is 2.02. The molecule has 0 spiro atoms. The van der Waals surface area contributed by atoms with E-state index in [1.54, 1.807) is 37.4 Å². The van der Waals surface area contributed by atoms with Gasteiger partial charge in [0.2, 0.25) is 0 Å². The molecule has 2 N–H and O–H groups in total. The maximum atomic E-state index is 12.3. The number of aliphatic imine (C=N–C) groups is 1. The van der Waals surface area contributed by atoms with Crippen molar-refractivity contribution >= 4 is 35.6 Å². The third-order valence-corrected chi connectivity index (χ3v) is 4.93. The lowest BCUT2D eigenvalue weighted by Crippen LogP contribution is -2.51. The Hall–Kier alpha value is -2.61. The van der Waals surface area contributed by atoms with Gasteiger partial charge < -0.3 is 20.3 Å². The van der Waals surface area contributed by atoms with Crippen LogP contribution in [0.5, 0.6) is 5.75 Å². The first-order chi connectivity index (χ1) is 14.6. The highest BCUT2D eigenvalue weighted by Crippen LogP contribution is 2.23. The van der Waals surface area contributed by atoms with Crippen LogP contribution in [0.15, 0.2) is 53.5 Å². The second-order valence-corrected chi connectivity index (χ2v) is 7.04. The number of halogens is 3. The van der Waals surface area contributed by atoms with Gasteiger partial charge in [-0.1, -0.05) is 12.1 Å². The summed E-state index contributed by atoms with van der Waals surface area (Å²) < 4.78 is 29.1. The van der Waals surface area contributed by atoms with E-state index in [-0.39, 0.29) is 35.8 Å². The maximum Gasteiger partial charge on any atom is 0.387 e. The molecule has 1 unspecified atom stereocenters. The molecule has 1 saturated heterocycles. The molecule has 31 heavy (non-hydrogen) atoms. The molecule has 1 heterocycles. The molecule has 0 amide bonds. The van der Waals surface area contributed by atoms with Crippen molar-refractivity contribution in [2.45, 2.75) is 32.0 Å². The molecule has 1 aliphatic heterocycles. The average molecular weight is 541 g/mol. The van der Waals surface area contributed by atoms with Crippen LogP contribution in [0.25, 0.3) is 0 Å². The van der Waals surface area contributed by atoms with Crippen LogP contribution >= 0.6 is 24.0 Å². The predicted octanol–water partition coefficient (Wildman–Crippen LogP) is 4.11. The van der Waals surface area contributed by atoms with Crippen LogP contribution in [0.1, 0.15) is 24.0 Å². The standard InChI is InChI=1S/C22H25F2N5O.HI/c1-26-22(27-14-17-5-2-4-16(12-17)13-25)28-18-6-3-11-29(15-18)19-7-9-20(10-8-19)30-21(23)24;/h2,4-5,7-10,12,18,21H,3,6,11,14-15H2,1H3,(H2,26,27,28);1H. The summed E-state index contributed by atoms with van der Waals surface area (Å²) in [6.45, 7) is -0.571. The summed E-state index contributed by atoms with van der Waals surface area (Å²) in [5.41, 5.74) is 2.61. The Bertz CT molecular complexity index is 902. The molecule has 1 aliphatic rings. The third-order valence-electron chi connectivity index (χ3n) is 4.93. The number of rotatable bonds is 6. The highest BCUT2D eigenvalue weighted by atomic mass is 127. The van der Waals surface area contributed by atoms with Gasteiger partial charge in [0, 0.05) is 38.4 Å². The topological polar surface area (TPSA) is 72.7 Å². The number of ether oxygens (including phenoxy) is 1. The molecule has 3 rings (SSSR count). The van der Waals surface area contributed by atoms with Crippen molar-refractivity contribution in [3.63, 3.8) is 0 Å². The van der Waals surface area contributed by atoms with Crippen LogP contribution in [0.3, 0.4) is 0 Å². The number of nitrogens with one attached hydrogen (secondary N) is 2. The second-order valence-electron chi connectivity index (χ2n) is 7.04. The molecular formula is C22H26F2IN5O. The highest BCUT2D eigenvalue weighted by Gasteiger charge is 2.21. The number of anilines is 1. The molecule has 1 fully saturated rings. The van der Waals surface area contributed by atoms with E-state index in [4.69, 9.17) is 5.26 Å². The number of guanidine groups is 1. The van der Waals surface area contributed by atoms with E-state index >= 15 is 0 Å². The summed E-state index contributed by atoms with van der Waals surface area (Å²) in [6, 6.07) is 16.5. The van der Waals surface area contributed by atoms with Crippen molar-refractivity contribution in [3.05, 3.63) is 59.7 Å². The van der Waals surface area contributed by atoms with E-state index in [9.17, 15) is 8.78 Å². The van der Waals surface area contributed by atoms with Crippen LogP contribution in [-0.4, -0.2) is 38.8 Å². The summed E-state index contributed by atoms with van der Waals surface area (Å²) in [5, 5.41) is 15.8. The van der Waals surface area contributed by atoms with Crippen molar-refractivity contribution in [2.75, 3.05) is 25.0 Å². The lowest BCUT2D eigenvalue weighted by atomic mass is 10.0. The zero-order chi connectivity index (χ0) is 21.3. The quantitative estimate of drug-likeness (QED) is 0.327. The first kappa shape index (κ1) is 24.7. The van der Waals surface area contributed by atoms with E-state index in [1.807, 2.05) is 18.2 Å². The van der Waals surface area contributed by atoms with Crippen LogP contribution in [0, 0.1) is 11.3 Å². The first-order valence-electron chi connectivity index (χ1n) is 9.83. The van der Waals surface area contributed by atoms with Crippen LogP contribution in [0.2, 0.25) is 0 Å². The van der Waals surface area contributed by atoms with Crippen molar-refractivity contribution in [1.29, 1.82) is 5.26 Å². The fraction of sp³-hybridized carbons (Fsp3) is 0.364. The number of hydrogen-bond acceptors (Lipinski definition) is 4. The molecule has 2 aromatic carbocycles. The normalized spacial score (nSPS) is 16.3. The fourth-order valence-electron chi connectivity index (χ4n) is 3.49. The van der Waals surface area contributed by atoms with Gasteiger partial charge in [0.25, 0.3) is 0 Å². The molecule has 0 saturated carbocycles. The summed E-state index contributed by atoms with van der Waals surface area (Å²) in [5.74, 6) is 0.857. The monoisotopic (exact) mass is 541 g/mol. The van der Waals surface area contributed by atoms with E-state index < -0.39 is 6.61 Å². The van der Waals surface area contributed by atoms with Crippen molar-refractivity contribution in [1.82, 2.24) is 10.6 Å². The molecule has 9 heteroatoms. The van der Waals surface area contributed by atoms with Crippen molar-refractivity contribution in [2.24, 2.45) is 4.99 Å². The van der Waals surface area contributed by atoms with Gasteiger partial charge in [-0.25, -0.2) is 0 Å². The number of benzene rings is 2. The largest absolute Gasteiger partial charge is 0.435 e. The van der Waals surface area contributed by atoms with E-state index in [0.717, 1.165) is 37.2 Å². The minimum absolute atomic E-state index is 0. The summed E-state index contributed by atoms with van der Waals surface area (Å²) in [4.78, 5) is 6.52. The highest BCUT2D eigenvalue weighted by molar-refractivity contribution is 14.0. The number of nitriles is 1. The Balaban J connectivity index is 0.00000341. The first-order valence-corrected chi connectivity index (χ1v) is 9.83. The third kappa shape index (κ3) is 7.54. The zero-order valence-electron chi connectivity index (χ0n) is 17.2. The molecular weight excluding hydrogens is 515 g/mol. The van der Waals surface area contributed by atoms with Gasteiger partial charge >= 0.3 is 6.61 Å². The molecule has 6 nitrogen and oxygen atoms in total. The van der Waals surface area contributed by atoms with Gasteiger partial charge in [-0.15, -0.1) is 24.0 Å². The molecule has 2 aromatic rings. The average Bonchev–Trinajstić information content (AvgIpc) is 2.77. The van der Waals surface area contributed by atoms with E-state index in [1.165, 1.54) is 0 Å². The Morgan fingerprint density at radius 1 is 1.29 bits per heavy atom. The Morgan fingerprint density at radius 3 is 2.74 bits per heavy atom. The lowest BCUT2D eigenvalue weighted by Gasteiger charge is -2.35. The second kappa shape index (κ2) is 12.3. The van der Waals surface area contributed by atoms with Gasteiger partial charge in [-0.3, -0.25) is 4.99 Å². The Morgan fingerprint density at radius 2 is 2.06 bits per heavy atom. The van der Waals surface area contributed by atoms with Crippen LogP contribution < -0.4 is 20.3 Å². The zero-order valence-corrected chi connectivity index (χ0v) is 19.6. The minimum atomic E-state index is -2.82. The number of hydrogen-bond donors (Lipinski definition) is 2. The number of alkyl halides is 2. The SMILES string of the molecule is CN=C(NCc1cccc(C#N)c1)NC1CCCN(c2ccc(OC(F)F)cc2)C1.I. The smallest absolute Gasteiger partial charge is 0.387 e. The fourth-order valence-corrected chi connectivity index (χ4v) is 3.49. The van der Waals surface area contributed by atoms with Gasteiger partial charge in [0.05, 0.1) is 11.6 Å². The Kier molecular flexibility index (Phi) is 9.78. The van der Waals surface area contributed by atoms with Crippen LogP contribution in [-0.2, 0) is 6.54 Å². The molecule has 1 atom stereocenters.